The van der Waals surface area contributed by atoms with Crippen molar-refractivity contribution in [3.63, 3.8) is 0 Å². The van der Waals surface area contributed by atoms with E-state index in [9.17, 15) is 0 Å². The molecule has 108 valence electrons. The third kappa shape index (κ3) is 2.85. The minimum absolute atomic E-state index is 0.814. The van der Waals surface area contributed by atoms with Crippen molar-refractivity contribution in [2.75, 3.05) is 19.6 Å². The van der Waals surface area contributed by atoms with Gasteiger partial charge >= 0.3 is 0 Å². The third-order valence-electron chi connectivity index (χ3n) is 6.09. The van der Waals surface area contributed by atoms with E-state index >= 15 is 0 Å². The fraction of sp³-hybridized carbons (Fsp3) is 1.00. The van der Waals surface area contributed by atoms with Gasteiger partial charge in [0.15, 0.2) is 0 Å². The highest BCUT2D eigenvalue weighted by Crippen LogP contribution is 2.47. The van der Waals surface area contributed by atoms with Gasteiger partial charge in [-0.05, 0) is 56.3 Å². The zero-order valence-corrected chi connectivity index (χ0v) is 12.3. The van der Waals surface area contributed by atoms with Gasteiger partial charge in [-0.3, -0.25) is 4.90 Å². The molecule has 0 aromatic heterocycles. The maximum Gasteiger partial charge on any atom is 0.0223 e. The fourth-order valence-electron chi connectivity index (χ4n) is 4.78. The zero-order chi connectivity index (χ0) is 12.7. The van der Waals surface area contributed by atoms with Crippen molar-refractivity contribution in [2.45, 2.75) is 69.9 Å². The summed E-state index contributed by atoms with van der Waals surface area (Å²) in [5.74, 6) is 3.14. The first kappa shape index (κ1) is 12.6. The second kappa shape index (κ2) is 5.37. The number of rotatable bonds is 4. The van der Waals surface area contributed by atoms with E-state index in [4.69, 9.17) is 0 Å². The molecule has 0 bridgehead atoms. The molecular weight excluding hydrogens is 232 g/mol. The summed E-state index contributed by atoms with van der Waals surface area (Å²) in [6.45, 7) is 3.93. The van der Waals surface area contributed by atoms with Gasteiger partial charge in [0.25, 0.3) is 0 Å². The first-order chi connectivity index (χ1) is 9.42. The van der Waals surface area contributed by atoms with Crippen molar-refractivity contribution >= 4 is 0 Å². The zero-order valence-electron chi connectivity index (χ0n) is 12.3. The van der Waals surface area contributed by atoms with Crippen molar-refractivity contribution < 1.29 is 0 Å². The summed E-state index contributed by atoms with van der Waals surface area (Å²) in [5, 5.41) is 3.85. The van der Waals surface area contributed by atoms with Crippen LogP contribution in [0.25, 0.3) is 0 Å². The minimum atomic E-state index is 0.814. The van der Waals surface area contributed by atoms with Crippen LogP contribution in [-0.4, -0.2) is 36.6 Å². The summed E-state index contributed by atoms with van der Waals surface area (Å²) in [7, 11) is 0. The average Bonchev–Trinajstić information content (AvgIpc) is 3.35. The average molecular weight is 262 g/mol. The van der Waals surface area contributed by atoms with Crippen molar-refractivity contribution in [3.8, 4) is 0 Å². The molecule has 3 aliphatic carbocycles. The van der Waals surface area contributed by atoms with Crippen LogP contribution in [0.2, 0.25) is 0 Å². The van der Waals surface area contributed by atoms with Gasteiger partial charge in [-0.15, -0.1) is 0 Å². The highest BCUT2D eigenvalue weighted by atomic mass is 15.2. The lowest BCUT2D eigenvalue weighted by molar-refractivity contribution is 0.0870. The van der Waals surface area contributed by atoms with Gasteiger partial charge in [0.05, 0.1) is 0 Å². The molecule has 1 atom stereocenters. The molecule has 2 nitrogen and oxygen atoms in total. The van der Waals surface area contributed by atoms with E-state index in [0.29, 0.717) is 0 Å². The van der Waals surface area contributed by atoms with E-state index in [2.05, 4.69) is 10.2 Å². The van der Waals surface area contributed by atoms with Gasteiger partial charge in [-0.2, -0.15) is 0 Å². The number of nitrogens with zero attached hydrogens (tertiary/aromatic N) is 1. The third-order valence-corrected chi connectivity index (χ3v) is 6.09. The summed E-state index contributed by atoms with van der Waals surface area (Å²) >= 11 is 0. The molecule has 1 saturated heterocycles. The summed E-state index contributed by atoms with van der Waals surface area (Å²) in [5.41, 5.74) is 0. The Balaban J connectivity index is 1.39. The Morgan fingerprint density at radius 1 is 0.842 bits per heavy atom. The van der Waals surface area contributed by atoms with Crippen molar-refractivity contribution in [2.24, 2.45) is 17.8 Å². The fourth-order valence-corrected chi connectivity index (χ4v) is 4.78. The van der Waals surface area contributed by atoms with Crippen LogP contribution in [0, 0.1) is 17.8 Å². The van der Waals surface area contributed by atoms with Crippen molar-refractivity contribution in [1.29, 1.82) is 0 Å². The molecule has 3 saturated carbocycles. The van der Waals surface area contributed by atoms with Gasteiger partial charge in [0.1, 0.15) is 0 Å². The maximum absolute atomic E-state index is 3.85. The van der Waals surface area contributed by atoms with Gasteiger partial charge in [-0.1, -0.05) is 19.3 Å². The van der Waals surface area contributed by atoms with Gasteiger partial charge in [-0.25, -0.2) is 0 Å². The molecule has 0 aromatic carbocycles. The van der Waals surface area contributed by atoms with Gasteiger partial charge in [0, 0.05) is 31.7 Å². The summed E-state index contributed by atoms with van der Waals surface area (Å²) in [4.78, 5) is 2.91. The molecule has 0 amide bonds. The highest BCUT2D eigenvalue weighted by Gasteiger charge is 2.45. The topological polar surface area (TPSA) is 15.3 Å². The first-order valence-corrected chi connectivity index (χ1v) is 8.89. The lowest BCUT2D eigenvalue weighted by Gasteiger charge is -2.43. The molecule has 4 rings (SSSR count). The molecule has 4 aliphatic rings. The van der Waals surface area contributed by atoms with E-state index in [1.54, 1.807) is 0 Å². The monoisotopic (exact) mass is 262 g/mol. The molecule has 0 spiro atoms. The van der Waals surface area contributed by atoms with Crippen LogP contribution in [0.15, 0.2) is 0 Å². The molecule has 0 aromatic rings. The highest BCUT2D eigenvalue weighted by molar-refractivity contribution is 5.00. The van der Waals surface area contributed by atoms with E-state index in [1.165, 1.54) is 77.4 Å². The van der Waals surface area contributed by atoms with Crippen molar-refractivity contribution in [3.05, 3.63) is 0 Å². The van der Waals surface area contributed by atoms with Crippen LogP contribution in [0.3, 0.4) is 0 Å². The Morgan fingerprint density at radius 3 is 2.16 bits per heavy atom. The quantitative estimate of drug-likeness (QED) is 0.838. The predicted octanol–water partition coefficient (Wildman–Crippen LogP) is 3.03. The number of hydrogen-bond acceptors (Lipinski definition) is 2. The van der Waals surface area contributed by atoms with Crippen molar-refractivity contribution in [1.82, 2.24) is 10.2 Å². The van der Waals surface area contributed by atoms with Crippen LogP contribution >= 0.6 is 0 Å². The maximum atomic E-state index is 3.85. The molecule has 1 aliphatic heterocycles. The molecule has 4 fully saturated rings. The van der Waals surface area contributed by atoms with Crippen LogP contribution in [0.5, 0.6) is 0 Å². The first-order valence-electron chi connectivity index (χ1n) is 8.89. The van der Waals surface area contributed by atoms with Crippen LogP contribution < -0.4 is 5.32 Å². The van der Waals surface area contributed by atoms with E-state index in [-0.39, 0.29) is 0 Å². The number of nitrogens with one attached hydrogen (secondary N) is 1. The Morgan fingerprint density at radius 2 is 1.53 bits per heavy atom. The Labute approximate surface area is 118 Å². The Bertz CT molecular complexity index is 290. The molecule has 1 unspecified atom stereocenters. The molecule has 1 heterocycles. The lowest BCUT2D eigenvalue weighted by atomic mass is 9.82. The standard InChI is InChI=1S/C17H30N2/c1-2-4-13(5-3-1)16-12-19(11-10-18-16)17(14-6-7-14)15-8-9-15/h13-18H,1-12H2. The minimum Gasteiger partial charge on any atom is -0.311 e. The predicted molar refractivity (Wildman–Crippen MR) is 79.2 cm³/mol. The van der Waals surface area contributed by atoms with Gasteiger partial charge in [0.2, 0.25) is 0 Å². The molecule has 1 N–H and O–H groups in total. The number of piperazine rings is 1. The molecule has 2 heteroatoms. The van der Waals surface area contributed by atoms with Crippen LogP contribution in [0.1, 0.15) is 57.8 Å². The number of hydrogen-bond donors (Lipinski definition) is 1. The lowest BCUT2D eigenvalue weighted by Crippen LogP contribution is -2.57. The van der Waals surface area contributed by atoms with Gasteiger partial charge < -0.3 is 5.32 Å². The summed E-state index contributed by atoms with van der Waals surface area (Å²) in [6.07, 6.45) is 13.5. The van der Waals surface area contributed by atoms with Crippen LogP contribution in [0.4, 0.5) is 0 Å². The largest absolute Gasteiger partial charge is 0.311 e. The Kier molecular flexibility index (Phi) is 3.57. The second-order valence-corrected chi connectivity index (χ2v) is 7.62. The smallest absolute Gasteiger partial charge is 0.0223 e. The van der Waals surface area contributed by atoms with E-state index < -0.39 is 0 Å². The molecule has 19 heavy (non-hydrogen) atoms. The summed E-state index contributed by atoms with van der Waals surface area (Å²) in [6, 6.07) is 1.79. The van der Waals surface area contributed by atoms with Crippen LogP contribution in [-0.2, 0) is 0 Å². The van der Waals surface area contributed by atoms with E-state index in [1.807, 2.05) is 0 Å². The summed E-state index contributed by atoms with van der Waals surface area (Å²) < 4.78 is 0. The molecular formula is C17H30N2. The SMILES string of the molecule is C1CCC(C2CN(C(C3CC3)C3CC3)CCN2)CC1. The van der Waals surface area contributed by atoms with E-state index in [0.717, 1.165) is 29.8 Å². The molecule has 0 radical (unpaired) electrons. The second-order valence-electron chi connectivity index (χ2n) is 7.62. The normalized spacial score (nSPS) is 34.9. The Hall–Kier alpha value is -0.0800.